The van der Waals surface area contributed by atoms with Gasteiger partial charge in [-0.25, -0.2) is 0 Å². The lowest BCUT2D eigenvalue weighted by Gasteiger charge is -2.23. The fourth-order valence-electron chi connectivity index (χ4n) is 1.79. The van der Waals surface area contributed by atoms with Gasteiger partial charge in [0.05, 0.1) is 0 Å². The molecule has 0 aromatic heterocycles. The van der Waals surface area contributed by atoms with Crippen molar-refractivity contribution in [2.24, 2.45) is 5.92 Å². The van der Waals surface area contributed by atoms with Crippen LogP contribution in [-0.2, 0) is 0 Å². The molecule has 0 amide bonds. The Bertz CT molecular complexity index is 318. The van der Waals surface area contributed by atoms with Crippen LogP contribution in [0.4, 0.5) is 11.4 Å². The molecule has 3 N–H and O–H groups in total. The summed E-state index contributed by atoms with van der Waals surface area (Å²) in [6, 6.07) is 6.56. The number of nitrogens with one attached hydrogen (secondary N) is 1. The van der Waals surface area contributed by atoms with E-state index in [-0.39, 0.29) is 0 Å². The fraction of sp³-hybridized carbons (Fsp3) is 0.538. The van der Waals surface area contributed by atoms with Gasteiger partial charge in [-0.3, -0.25) is 0 Å². The Morgan fingerprint density at radius 1 is 1.33 bits per heavy atom. The second-order valence-electron chi connectivity index (χ2n) is 4.48. The summed E-state index contributed by atoms with van der Waals surface area (Å²) in [6.45, 7) is 8.79. The van der Waals surface area contributed by atoms with Crippen LogP contribution in [0.3, 0.4) is 0 Å². The fourth-order valence-corrected chi connectivity index (χ4v) is 1.79. The summed E-state index contributed by atoms with van der Waals surface area (Å²) in [5.74, 6) is 0.645. The van der Waals surface area contributed by atoms with Gasteiger partial charge in [0.1, 0.15) is 0 Å². The molecular formula is C13H22N2. The van der Waals surface area contributed by atoms with Gasteiger partial charge in [0, 0.05) is 17.4 Å². The lowest BCUT2D eigenvalue weighted by atomic mass is 10.0. The van der Waals surface area contributed by atoms with E-state index in [0.717, 1.165) is 12.1 Å². The van der Waals surface area contributed by atoms with E-state index in [0.29, 0.717) is 12.0 Å². The Morgan fingerprint density at radius 2 is 2.00 bits per heavy atom. The molecule has 84 valence electrons. The molecular weight excluding hydrogens is 184 g/mol. The third-order valence-corrected chi connectivity index (χ3v) is 2.84. The molecule has 15 heavy (non-hydrogen) atoms. The number of hydrogen-bond acceptors (Lipinski definition) is 2. The highest BCUT2D eigenvalue weighted by Gasteiger charge is 2.11. The minimum absolute atomic E-state index is 0.535. The quantitative estimate of drug-likeness (QED) is 0.741. The standard InChI is InChI=1S/C13H22N2/c1-5-12(9(2)3)15-13-7-6-11(14)8-10(13)4/h6-9,12,15H,5,14H2,1-4H3. The van der Waals surface area contributed by atoms with E-state index in [4.69, 9.17) is 5.73 Å². The van der Waals surface area contributed by atoms with E-state index in [1.54, 1.807) is 0 Å². The van der Waals surface area contributed by atoms with E-state index in [9.17, 15) is 0 Å². The highest BCUT2D eigenvalue weighted by molar-refractivity contribution is 5.57. The van der Waals surface area contributed by atoms with Gasteiger partial charge in [-0.2, -0.15) is 0 Å². The van der Waals surface area contributed by atoms with Crippen molar-refractivity contribution in [1.29, 1.82) is 0 Å². The summed E-state index contributed by atoms with van der Waals surface area (Å²) >= 11 is 0. The summed E-state index contributed by atoms with van der Waals surface area (Å²) in [7, 11) is 0. The molecule has 0 radical (unpaired) electrons. The van der Waals surface area contributed by atoms with Gasteiger partial charge in [0.25, 0.3) is 0 Å². The molecule has 0 aliphatic rings. The molecule has 2 heteroatoms. The van der Waals surface area contributed by atoms with Gasteiger partial charge in [-0.15, -0.1) is 0 Å². The predicted octanol–water partition coefficient (Wildman–Crippen LogP) is 3.42. The Kier molecular flexibility index (Phi) is 4.01. The number of anilines is 2. The van der Waals surface area contributed by atoms with Crippen molar-refractivity contribution in [3.63, 3.8) is 0 Å². The molecule has 0 aliphatic carbocycles. The van der Waals surface area contributed by atoms with Crippen LogP contribution >= 0.6 is 0 Å². The highest BCUT2D eigenvalue weighted by atomic mass is 14.9. The number of nitrogens with two attached hydrogens (primary N) is 1. The second-order valence-corrected chi connectivity index (χ2v) is 4.48. The first-order valence-corrected chi connectivity index (χ1v) is 5.67. The van der Waals surface area contributed by atoms with Crippen LogP contribution in [0.25, 0.3) is 0 Å². The van der Waals surface area contributed by atoms with Crippen molar-refractivity contribution in [2.75, 3.05) is 11.1 Å². The molecule has 1 rings (SSSR count). The van der Waals surface area contributed by atoms with Crippen LogP contribution in [-0.4, -0.2) is 6.04 Å². The molecule has 0 fully saturated rings. The second kappa shape index (κ2) is 5.06. The van der Waals surface area contributed by atoms with E-state index in [1.165, 1.54) is 11.3 Å². The average molecular weight is 206 g/mol. The molecule has 1 atom stereocenters. The topological polar surface area (TPSA) is 38.0 Å². The van der Waals surface area contributed by atoms with Crippen LogP contribution in [0.5, 0.6) is 0 Å². The third-order valence-electron chi connectivity index (χ3n) is 2.84. The zero-order valence-electron chi connectivity index (χ0n) is 10.2. The first-order chi connectivity index (χ1) is 7.04. The maximum Gasteiger partial charge on any atom is 0.0373 e. The van der Waals surface area contributed by atoms with Gasteiger partial charge in [-0.1, -0.05) is 20.8 Å². The summed E-state index contributed by atoms with van der Waals surface area (Å²) in [5.41, 5.74) is 8.97. The van der Waals surface area contributed by atoms with Gasteiger partial charge >= 0.3 is 0 Å². The highest BCUT2D eigenvalue weighted by Crippen LogP contribution is 2.21. The lowest BCUT2D eigenvalue weighted by molar-refractivity contribution is 0.511. The van der Waals surface area contributed by atoms with Crippen molar-refractivity contribution >= 4 is 11.4 Å². The predicted molar refractivity (Wildman–Crippen MR) is 68.1 cm³/mol. The van der Waals surface area contributed by atoms with E-state index in [1.807, 2.05) is 12.1 Å². The Hall–Kier alpha value is -1.18. The summed E-state index contributed by atoms with van der Waals surface area (Å²) in [4.78, 5) is 0. The summed E-state index contributed by atoms with van der Waals surface area (Å²) in [5, 5.41) is 3.57. The lowest BCUT2D eigenvalue weighted by Crippen LogP contribution is -2.24. The first-order valence-electron chi connectivity index (χ1n) is 5.67. The first kappa shape index (κ1) is 11.9. The molecule has 1 unspecified atom stereocenters. The summed E-state index contributed by atoms with van der Waals surface area (Å²) in [6.07, 6.45) is 1.14. The normalized spacial score (nSPS) is 12.9. The number of rotatable bonds is 4. The molecule has 0 heterocycles. The largest absolute Gasteiger partial charge is 0.399 e. The molecule has 0 saturated heterocycles. The molecule has 1 aromatic rings. The Balaban J connectivity index is 2.79. The molecule has 0 saturated carbocycles. The molecule has 0 bridgehead atoms. The van der Waals surface area contributed by atoms with Crippen molar-refractivity contribution in [3.8, 4) is 0 Å². The van der Waals surface area contributed by atoms with Crippen molar-refractivity contribution in [2.45, 2.75) is 40.2 Å². The van der Waals surface area contributed by atoms with Gasteiger partial charge in [0.15, 0.2) is 0 Å². The number of aryl methyl sites for hydroxylation is 1. The number of benzene rings is 1. The van der Waals surface area contributed by atoms with Crippen LogP contribution in [0.2, 0.25) is 0 Å². The maximum atomic E-state index is 5.72. The van der Waals surface area contributed by atoms with E-state index >= 15 is 0 Å². The van der Waals surface area contributed by atoms with Gasteiger partial charge in [0.2, 0.25) is 0 Å². The smallest absolute Gasteiger partial charge is 0.0373 e. The van der Waals surface area contributed by atoms with Crippen molar-refractivity contribution in [1.82, 2.24) is 0 Å². The Morgan fingerprint density at radius 3 is 2.47 bits per heavy atom. The zero-order valence-corrected chi connectivity index (χ0v) is 10.2. The number of nitrogen functional groups attached to an aromatic ring is 1. The van der Waals surface area contributed by atoms with E-state index < -0.39 is 0 Å². The minimum Gasteiger partial charge on any atom is -0.399 e. The van der Waals surface area contributed by atoms with Crippen LogP contribution in [0.1, 0.15) is 32.8 Å². The Labute approximate surface area is 92.9 Å². The third kappa shape index (κ3) is 3.15. The van der Waals surface area contributed by atoms with Crippen molar-refractivity contribution < 1.29 is 0 Å². The van der Waals surface area contributed by atoms with Crippen LogP contribution < -0.4 is 11.1 Å². The molecule has 2 nitrogen and oxygen atoms in total. The van der Waals surface area contributed by atoms with Gasteiger partial charge < -0.3 is 11.1 Å². The van der Waals surface area contributed by atoms with Crippen LogP contribution in [0, 0.1) is 12.8 Å². The maximum absolute atomic E-state index is 5.72. The van der Waals surface area contributed by atoms with Crippen LogP contribution in [0.15, 0.2) is 18.2 Å². The molecule has 0 spiro atoms. The van der Waals surface area contributed by atoms with E-state index in [2.05, 4.69) is 39.1 Å². The monoisotopic (exact) mass is 206 g/mol. The molecule has 1 aromatic carbocycles. The minimum atomic E-state index is 0.535. The van der Waals surface area contributed by atoms with Crippen molar-refractivity contribution in [3.05, 3.63) is 23.8 Å². The van der Waals surface area contributed by atoms with Gasteiger partial charge in [-0.05, 0) is 43.0 Å². The summed E-state index contributed by atoms with van der Waals surface area (Å²) < 4.78 is 0. The average Bonchev–Trinajstić information content (AvgIpc) is 2.16. The SMILES string of the molecule is CCC(Nc1ccc(N)cc1C)C(C)C. The zero-order chi connectivity index (χ0) is 11.4. The molecule has 0 aliphatic heterocycles. The number of hydrogen-bond donors (Lipinski definition) is 2.